The third kappa shape index (κ3) is 1.45. The molecular formula is C9H10ClNS. The van der Waals surface area contributed by atoms with Crippen molar-refractivity contribution in [3.8, 4) is 0 Å². The van der Waals surface area contributed by atoms with E-state index < -0.39 is 0 Å². The molecule has 0 saturated heterocycles. The minimum atomic E-state index is 0. The zero-order valence-electron chi connectivity index (χ0n) is 7.02. The molecule has 2 aromatic heterocycles. The van der Waals surface area contributed by atoms with Crippen molar-refractivity contribution in [2.45, 2.75) is 13.8 Å². The second kappa shape index (κ2) is 3.42. The van der Waals surface area contributed by atoms with Crippen LogP contribution in [0.15, 0.2) is 17.5 Å². The maximum absolute atomic E-state index is 3.31. The second-order valence-electron chi connectivity index (χ2n) is 2.78. The summed E-state index contributed by atoms with van der Waals surface area (Å²) in [5, 5.41) is 3.48. The molecule has 0 aliphatic heterocycles. The Morgan fingerprint density at radius 3 is 2.83 bits per heavy atom. The highest BCUT2D eigenvalue weighted by Gasteiger charge is 2.05. The summed E-state index contributed by atoms with van der Waals surface area (Å²) < 4.78 is 1.37. The molecule has 0 unspecified atom stereocenters. The molecular weight excluding hydrogens is 190 g/mol. The molecule has 2 aromatic rings. The number of nitrogens with one attached hydrogen (secondary N) is 1. The summed E-state index contributed by atoms with van der Waals surface area (Å²) in [5.74, 6) is 0. The summed E-state index contributed by atoms with van der Waals surface area (Å²) in [7, 11) is 0. The minimum absolute atomic E-state index is 0. The fourth-order valence-corrected chi connectivity index (χ4v) is 2.28. The first-order chi connectivity index (χ1) is 5.27. The Morgan fingerprint density at radius 2 is 2.08 bits per heavy atom. The van der Waals surface area contributed by atoms with E-state index in [4.69, 9.17) is 0 Å². The molecule has 0 spiro atoms. The summed E-state index contributed by atoms with van der Waals surface area (Å²) >= 11 is 1.80. The maximum Gasteiger partial charge on any atom is 0.185 e. The normalized spacial score (nSPS) is 9.83. The van der Waals surface area contributed by atoms with Crippen molar-refractivity contribution in [2.24, 2.45) is 0 Å². The Kier molecular flexibility index (Phi) is 2.70. The molecule has 64 valence electrons. The molecule has 0 aliphatic carbocycles. The smallest absolute Gasteiger partial charge is 0.185 e. The number of hydrogen-bond acceptors (Lipinski definition) is 1. The molecule has 2 heterocycles. The van der Waals surface area contributed by atoms with E-state index in [0.29, 0.717) is 0 Å². The number of pyridine rings is 1. The van der Waals surface area contributed by atoms with Gasteiger partial charge in [-0.2, -0.15) is 0 Å². The zero-order valence-corrected chi connectivity index (χ0v) is 8.59. The molecule has 0 aliphatic rings. The molecule has 12 heavy (non-hydrogen) atoms. The van der Waals surface area contributed by atoms with Crippen molar-refractivity contribution in [3.63, 3.8) is 0 Å². The number of thiophene rings is 1. The van der Waals surface area contributed by atoms with Crippen LogP contribution in [0.2, 0.25) is 0 Å². The fraction of sp³-hybridized carbons (Fsp3) is 0.222. The lowest BCUT2D eigenvalue weighted by Crippen LogP contribution is -3.00. The van der Waals surface area contributed by atoms with Gasteiger partial charge < -0.3 is 12.4 Å². The van der Waals surface area contributed by atoms with Gasteiger partial charge in [-0.3, -0.25) is 0 Å². The summed E-state index contributed by atoms with van der Waals surface area (Å²) in [6.45, 7) is 4.20. The van der Waals surface area contributed by atoms with E-state index in [1.54, 1.807) is 11.3 Å². The highest BCUT2D eigenvalue weighted by atomic mass is 35.5. The van der Waals surface area contributed by atoms with Gasteiger partial charge in [0.15, 0.2) is 11.4 Å². The molecule has 2 rings (SSSR count). The number of aromatic nitrogens is 1. The molecule has 0 bridgehead atoms. The van der Waals surface area contributed by atoms with Crippen LogP contribution >= 0.6 is 11.3 Å². The Balaban J connectivity index is 0.000000720. The van der Waals surface area contributed by atoms with Gasteiger partial charge in [-0.1, -0.05) is 0 Å². The third-order valence-corrected chi connectivity index (χ3v) is 2.70. The fourth-order valence-electron chi connectivity index (χ4n) is 1.34. The zero-order chi connectivity index (χ0) is 7.84. The summed E-state index contributed by atoms with van der Waals surface area (Å²) in [6.07, 6.45) is 0. The van der Waals surface area contributed by atoms with Crippen LogP contribution in [0.4, 0.5) is 0 Å². The predicted molar refractivity (Wildman–Crippen MR) is 47.9 cm³/mol. The van der Waals surface area contributed by atoms with Crippen molar-refractivity contribution in [1.29, 1.82) is 0 Å². The lowest BCUT2D eigenvalue weighted by molar-refractivity contribution is -0.394. The molecule has 1 N–H and O–H groups in total. The Hall–Kier alpha value is -0.600. The lowest BCUT2D eigenvalue weighted by atomic mass is 10.2. The van der Waals surface area contributed by atoms with Crippen molar-refractivity contribution in [1.82, 2.24) is 0 Å². The quantitative estimate of drug-likeness (QED) is 0.535. The van der Waals surface area contributed by atoms with Gasteiger partial charge in [0.25, 0.3) is 0 Å². The van der Waals surface area contributed by atoms with E-state index in [0.717, 1.165) is 0 Å². The molecule has 3 heteroatoms. The van der Waals surface area contributed by atoms with E-state index in [9.17, 15) is 0 Å². The average molecular weight is 200 g/mol. The number of halogens is 1. The number of aromatic amines is 1. The summed E-state index contributed by atoms with van der Waals surface area (Å²) in [4.78, 5) is 3.31. The average Bonchev–Trinajstić information content (AvgIpc) is 2.34. The first-order valence-corrected chi connectivity index (χ1v) is 4.52. The highest BCUT2D eigenvalue weighted by molar-refractivity contribution is 7.17. The van der Waals surface area contributed by atoms with Gasteiger partial charge in [-0.05, 0) is 11.4 Å². The van der Waals surface area contributed by atoms with Crippen LogP contribution in [-0.4, -0.2) is 0 Å². The molecule has 0 aromatic carbocycles. The van der Waals surface area contributed by atoms with Crippen molar-refractivity contribution < 1.29 is 17.4 Å². The van der Waals surface area contributed by atoms with E-state index in [-0.39, 0.29) is 12.4 Å². The van der Waals surface area contributed by atoms with Crippen LogP contribution < -0.4 is 17.4 Å². The lowest BCUT2D eigenvalue weighted by Gasteiger charge is -1.89. The SMILES string of the molecule is Cc1cc2sccc2c(C)[nH+]1.[Cl-]. The molecule has 0 atom stereocenters. The number of fused-ring (bicyclic) bond motifs is 1. The van der Waals surface area contributed by atoms with Gasteiger partial charge in [0.05, 0.1) is 5.39 Å². The first kappa shape index (κ1) is 9.49. The van der Waals surface area contributed by atoms with E-state index in [1.165, 1.54) is 21.5 Å². The largest absolute Gasteiger partial charge is 1.00 e. The topological polar surface area (TPSA) is 14.1 Å². The maximum atomic E-state index is 3.31. The second-order valence-corrected chi connectivity index (χ2v) is 3.72. The van der Waals surface area contributed by atoms with Gasteiger partial charge in [-0.15, -0.1) is 11.3 Å². The Bertz CT molecular complexity index is 394. The number of aryl methyl sites for hydroxylation is 2. The molecule has 0 saturated carbocycles. The summed E-state index contributed by atoms with van der Waals surface area (Å²) in [5.41, 5.74) is 2.50. The number of H-pyrrole nitrogens is 1. The van der Waals surface area contributed by atoms with Gasteiger partial charge in [-0.25, -0.2) is 4.98 Å². The van der Waals surface area contributed by atoms with Crippen LogP contribution in [0, 0.1) is 13.8 Å². The number of hydrogen-bond donors (Lipinski definition) is 0. The standard InChI is InChI=1S/C9H9NS.ClH/c1-6-5-9-8(3-4-11-9)7(2)10-6;/h3-5H,1-2H3;1H. The highest BCUT2D eigenvalue weighted by Crippen LogP contribution is 2.21. The monoisotopic (exact) mass is 199 g/mol. The first-order valence-electron chi connectivity index (χ1n) is 3.64. The van der Waals surface area contributed by atoms with E-state index >= 15 is 0 Å². The Morgan fingerprint density at radius 1 is 1.33 bits per heavy atom. The molecule has 1 nitrogen and oxygen atoms in total. The van der Waals surface area contributed by atoms with Gasteiger partial charge in [0.2, 0.25) is 0 Å². The van der Waals surface area contributed by atoms with Crippen LogP contribution in [0.1, 0.15) is 11.4 Å². The van der Waals surface area contributed by atoms with E-state index in [1.807, 2.05) is 0 Å². The van der Waals surface area contributed by atoms with Crippen molar-refractivity contribution in [2.75, 3.05) is 0 Å². The van der Waals surface area contributed by atoms with Gasteiger partial charge in [0.1, 0.15) is 0 Å². The van der Waals surface area contributed by atoms with Crippen LogP contribution in [0.5, 0.6) is 0 Å². The van der Waals surface area contributed by atoms with Crippen LogP contribution in [0.3, 0.4) is 0 Å². The third-order valence-electron chi connectivity index (χ3n) is 1.83. The van der Waals surface area contributed by atoms with E-state index in [2.05, 4.69) is 36.3 Å². The molecule has 0 fully saturated rings. The summed E-state index contributed by atoms with van der Waals surface area (Å²) in [6, 6.07) is 4.35. The van der Waals surface area contributed by atoms with Gasteiger partial charge >= 0.3 is 0 Å². The molecule has 0 radical (unpaired) electrons. The van der Waals surface area contributed by atoms with Crippen LogP contribution in [-0.2, 0) is 0 Å². The minimum Gasteiger partial charge on any atom is -1.00 e. The molecule has 0 amide bonds. The predicted octanol–water partition coefficient (Wildman–Crippen LogP) is -0.664. The van der Waals surface area contributed by atoms with Crippen LogP contribution in [0.25, 0.3) is 10.1 Å². The number of rotatable bonds is 0. The van der Waals surface area contributed by atoms with Crippen molar-refractivity contribution in [3.05, 3.63) is 28.9 Å². The Labute approximate surface area is 81.9 Å². The van der Waals surface area contributed by atoms with Crippen molar-refractivity contribution >= 4 is 21.4 Å². The van der Waals surface area contributed by atoms with Gasteiger partial charge in [0, 0.05) is 24.6 Å².